The normalized spacial score (nSPS) is 13.6. The maximum absolute atomic E-state index is 10.6. The maximum atomic E-state index is 10.6. The zero-order chi connectivity index (χ0) is 14.3. The van der Waals surface area contributed by atoms with Crippen LogP contribution in [-0.4, -0.2) is 30.8 Å². The lowest BCUT2D eigenvalue weighted by Gasteiger charge is -2.26. The van der Waals surface area contributed by atoms with Crippen molar-refractivity contribution in [3.63, 3.8) is 0 Å². The number of benzene rings is 1. The van der Waals surface area contributed by atoms with E-state index in [0.717, 1.165) is 12.1 Å². The van der Waals surface area contributed by atoms with Gasteiger partial charge in [-0.2, -0.15) is 0 Å². The predicted molar refractivity (Wildman–Crippen MR) is 75.1 cm³/mol. The average molecular weight is 266 g/mol. The Bertz CT molecular complexity index is 417. The number of carbonyl (C=O) groups excluding carboxylic acids is 1. The number of nitrogens with one attached hydrogen (secondary N) is 1. The van der Waals surface area contributed by atoms with E-state index in [9.17, 15) is 9.90 Å². The van der Waals surface area contributed by atoms with Crippen molar-refractivity contribution < 1.29 is 14.6 Å². The Labute approximate surface area is 113 Å². The lowest BCUT2D eigenvalue weighted by molar-refractivity contribution is -0.119. The van der Waals surface area contributed by atoms with E-state index >= 15 is 0 Å². The van der Waals surface area contributed by atoms with Gasteiger partial charge in [-0.05, 0) is 18.6 Å². The first-order chi connectivity index (χ1) is 8.99. The maximum Gasteiger partial charge on any atom is 0.255 e. The highest BCUT2D eigenvalue weighted by molar-refractivity contribution is 5.75. The molecule has 4 N–H and O–H groups in total. The van der Waals surface area contributed by atoms with Gasteiger partial charge in [-0.1, -0.05) is 19.9 Å². The summed E-state index contributed by atoms with van der Waals surface area (Å²) in [7, 11) is 0. The Kier molecular flexibility index (Phi) is 5.63. The average Bonchev–Trinajstić information content (AvgIpc) is 2.43. The molecule has 0 radical (unpaired) electrons. The van der Waals surface area contributed by atoms with E-state index in [2.05, 4.69) is 5.32 Å². The van der Waals surface area contributed by atoms with Crippen LogP contribution in [0.4, 0.5) is 5.69 Å². The van der Waals surface area contributed by atoms with Crippen LogP contribution in [0.2, 0.25) is 0 Å². The second-order valence-electron chi connectivity index (χ2n) is 4.96. The minimum Gasteiger partial charge on any atom is -0.484 e. The van der Waals surface area contributed by atoms with Gasteiger partial charge in [0.25, 0.3) is 5.91 Å². The van der Waals surface area contributed by atoms with Crippen molar-refractivity contribution in [3.8, 4) is 5.75 Å². The van der Waals surface area contributed by atoms with Crippen molar-refractivity contribution in [2.45, 2.75) is 20.3 Å². The summed E-state index contributed by atoms with van der Waals surface area (Å²) in [6.45, 7) is 4.73. The number of nitrogens with two attached hydrogens (primary N) is 1. The second-order valence-corrected chi connectivity index (χ2v) is 4.96. The van der Waals surface area contributed by atoms with Crippen LogP contribution in [0.3, 0.4) is 0 Å². The monoisotopic (exact) mass is 266 g/mol. The molecule has 106 valence electrons. The zero-order valence-corrected chi connectivity index (χ0v) is 11.5. The standard InChI is InChI=1S/C14H22N2O3/c1-3-14(2,10-17)9-16-11-5-4-6-12(7-11)19-8-13(15)18/h4-7,16-17H,3,8-10H2,1-2H3,(H2,15,18). The van der Waals surface area contributed by atoms with Gasteiger partial charge in [0.2, 0.25) is 0 Å². The number of rotatable bonds is 8. The molecule has 1 aromatic carbocycles. The van der Waals surface area contributed by atoms with Gasteiger partial charge in [0.15, 0.2) is 6.61 Å². The summed E-state index contributed by atoms with van der Waals surface area (Å²) in [5, 5.41) is 12.6. The lowest BCUT2D eigenvalue weighted by atomic mass is 9.88. The fourth-order valence-electron chi connectivity index (χ4n) is 1.46. The van der Waals surface area contributed by atoms with Crippen LogP contribution in [0.15, 0.2) is 24.3 Å². The summed E-state index contributed by atoms with van der Waals surface area (Å²) in [5.74, 6) is 0.0863. The molecule has 0 aliphatic heterocycles. The van der Waals surface area contributed by atoms with Crippen molar-refractivity contribution in [2.24, 2.45) is 11.1 Å². The van der Waals surface area contributed by atoms with Crippen molar-refractivity contribution in [2.75, 3.05) is 25.1 Å². The number of amides is 1. The number of primary amides is 1. The molecule has 0 saturated heterocycles. The number of ether oxygens (including phenoxy) is 1. The molecule has 5 nitrogen and oxygen atoms in total. The first-order valence-corrected chi connectivity index (χ1v) is 6.35. The Morgan fingerprint density at radius 1 is 1.53 bits per heavy atom. The van der Waals surface area contributed by atoms with Gasteiger partial charge in [-0.3, -0.25) is 4.79 Å². The summed E-state index contributed by atoms with van der Waals surface area (Å²) in [6, 6.07) is 7.31. The van der Waals surface area contributed by atoms with Crippen molar-refractivity contribution >= 4 is 11.6 Å². The van der Waals surface area contributed by atoms with Crippen LogP contribution < -0.4 is 15.8 Å². The van der Waals surface area contributed by atoms with Crippen LogP contribution in [0.25, 0.3) is 0 Å². The molecule has 0 saturated carbocycles. The van der Waals surface area contributed by atoms with Gasteiger partial charge in [0.05, 0.1) is 6.61 Å². The molecule has 1 aromatic rings. The van der Waals surface area contributed by atoms with Crippen molar-refractivity contribution in [1.29, 1.82) is 0 Å². The fraction of sp³-hybridized carbons (Fsp3) is 0.500. The fourth-order valence-corrected chi connectivity index (χ4v) is 1.46. The molecule has 0 aliphatic carbocycles. The Hall–Kier alpha value is -1.75. The molecule has 5 heteroatoms. The number of aliphatic hydroxyl groups is 1. The van der Waals surface area contributed by atoms with E-state index in [1.165, 1.54) is 0 Å². The van der Waals surface area contributed by atoms with E-state index in [1.807, 2.05) is 26.0 Å². The summed E-state index contributed by atoms with van der Waals surface area (Å²) in [5.41, 5.74) is 5.76. The Morgan fingerprint density at radius 3 is 2.84 bits per heavy atom. The van der Waals surface area contributed by atoms with E-state index in [4.69, 9.17) is 10.5 Å². The van der Waals surface area contributed by atoms with E-state index in [0.29, 0.717) is 12.3 Å². The Balaban J connectivity index is 2.59. The molecule has 1 unspecified atom stereocenters. The second kappa shape index (κ2) is 6.99. The molecule has 0 bridgehead atoms. The number of carbonyl (C=O) groups is 1. The molecule has 0 aliphatic rings. The molecule has 0 aromatic heterocycles. The van der Waals surface area contributed by atoms with Crippen LogP contribution >= 0.6 is 0 Å². The van der Waals surface area contributed by atoms with Crippen LogP contribution in [-0.2, 0) is 4.79 Å². The molecule has 1 atom stereocenters. The number of hydrogen-bond donors (Lipinski definition) is 3. The van der Waals surface area contributed by atoms with Gasteiger partial charge in [0.1, 0.15) is 5.75 Å². The minimum atomic E-state index is -0.503. The van der Waals surface area contributed by atoms with Gasteiger partial charge in [-0.25, -0.2) is 0 Å². The number of hydrogen-bond acceptors (Lipinski definition) is 4. The van der Waals surface area contributed by atoms with E-state index < -0.39 is 5.91 Å². The summed E-state index contributed by atoms with van der Waals surface area (Å²) >= 11 is 0. The molecule has 19 heavy (non-hydrogen) atoms. The molecule has 1 rings (SSSR count). The van der Waals surface area contributed by atoms with Crippen LogP contribution in [0.5, 0.6) is 5.75 Å². The largest absolute Gasteiger partial charge is 0.484 e. The smallest absolute Gasteiger partial charge is 0.255 e. The molecule has 0 fully saturated rings. The van der Waals surface area contributed by atoms with Gasteiger partial charge in [-0.15, -0.1) is 0 Å². The summed E-state index contributed by atoms with van der Waals surface area (Å²) in [6.07, 6.45) is 0.883. The highest BCUT2D eigenvalue weighted by Gasteiger charge is 2.20. The van der Waals surface area contributed by atoms with Crippen LogP contribution in [0, 0.1) is 5.41 Å². The van der Waals surface area contributed by atoms with Gasteiger partial charge in [0, 0.05) is 23.7 Å². The SMILES string of the molecule is CCC(C)(CO)CNc1cccc(OCC(N)=O)c1. The van der Waals surface area contributed by atoms with E-state index in [1.54, 1.807) is 12.1 Å². The van der Waals surface area contributed by atoms with E-state index in [-0.39, 0.29) is 18.6 Å². The highest BCUT2D eigenvalue weighted by Crippen LogP contribution is 2.23. The highest BCUT2D eigenvalue weighted by atomic mass is 16.5. The third-order valence-corrected chi connectivity index (χ3v) is 3.17. The summed E-state index contributed by atoms with van der Waals surface area (Å²) in [4.78, 5) is 10.6. The zero-order valence-electron chi connectivity index (χ0n) is 11.5. The Morgan fingerprint density at radius 2 is 2.26 bits per heavy atom. The first kappa shape index (κ1) is 15.3. The summed E-state index contributed by atoms with van der Waals surface area (Å²) < 4.78 is 5.23. The molecule has 0 heterocycles. The molecular weight excluding hydrogens is 244 g/mol. The minimum absolute atomic E-state index is 0.132. The quantitative estimate of drug-likeness (QED) is 0.663. The third kappa shape index (κ3) is 5.18. The van der Waals surface area contributed by atoms with Gasteiger partial charge >= 0.3 is 0 Å². The van der Waals surface area contributed by atoms with Crippen molar-refractivity contribution in [3.05, 3.63) is 24.3 Å². The molecule has 0 spiro atoms. The molecular formula is C14H22N2O3. The van der Waals surface area contributed by atoms with Crippen molar-refractivity contribution in [1.82, 2.24) is 0 Å². The lowest BCUT2D eigenvalue weighted by Crippen LogP contribution is -2.29. The number of anilines is 1. The third-order valence-electron chi connectivity index (χ3n) is 3.17. The number of aliphatic hydroxyl groups excluding tert-OH is 1. The van der Waals surface area contributed by atoms with Gasteiger partial charge < -0.3 is 20.9 Å². The molecule has 1 amide bonds. The predicted octanol–water partition coefficient (Wildman–Crippen LogP) is 1.37. The topological polar surface area (TPSA) is 84.6 Å². The van der Waals surface area contributed by atoms with Crippen LogP contribution in [0.1, 0.15) is 20.3 Å². The first-order valence-electron chi connectivity index (χ1n) is 6.35.